The molecule has 0 saturated carbocycles. The Balaban J connectivity index is 2.10. The summed E-state index contributed by atoms with van der Waals surface area (Å²) in [6, 6.07) is 11.2. The Morgan fingerprint density at radius 3 is 2.57 bits per heavy atom. The van der Waals surface area contributed by atoms with Gasteiger partial charge in [-0.15, -0.1) is 11.3 Å². The van der Waals surface area contributed by atoms with Gasteiger partial charge >= 0.3 is 5.97 Å². The van der Waals surface area contributed by atoms with Crippen molar-refractivity contribution in [2.75, 3.05) is 20.8 Å². The third-order valence-corrected chi connectivity index (χ3v) is 4.16. The molecule has 2 rings (SSSR count). The average molecular weight is 306 g/mol. The molecule has 5 heteroatoms. The maximum Gasteiger partial charge on any atom is 0.317 e. The van der Waals surface area contributed by atoms with Crippen LogP contribution in [-0.4, -0.2) is 26.8 Å². The lowest BCUT2D eigenvalue weighted by molar-refractivity contribution is -0.143. The third-order valence-electron chi connectivity index (χ3n) is 3.05. The first-order valence-corrected chi connectivity index (χ1v) is 7.36. The molecule has 1 aromatic heterocycles. The Bertz CT molecular complexity index is 606. The van der Waals surface area contributed by atoms with Crippen molar-refractivity contribution in [2.24, 2.45) is 0 Å². The molecular formula is C16H18O4S. The predicted octanol–water partition coefficient (Wildman–Crippen LogP) is 3.40. The average Bonchev–Trinajstić information content (AvgIpc) is 2.93. The summed E-state index contributed by atoms with van der Waals surface area (Å²) >= 11 is 1.58. The van der Waals surface area contributed by atoms with Crippen molar-refractivity contribution in [3.8, 4) is 11.5 Å². The van der Waals surface area contributed by atoms with Crippen LogP contribution >= 0.6 is 11.3 Å². The van der Waals surface area contributed by atoms with E-state index in [0.29, 0.717) is 11.5 Å². The minimum absolute atomic E-state index is 0.236. The van der Waals surface area contributed by atoms with Crippen LogP contribution in [0.3, 0.4) is 0 Å². The molecule has 0 fully saturated rings. The number of ether oxygens (including phenoxy) is 3. The van der Waals surface area contributed by atoms with Gasteiger partial charge in [0, 0.05) is 15.8 Å². The number of esters is 1. The van der Waals surface area contributed by atoms with Crippen LogP contribution in [0.25, 0.3) is 0 Å². The molecule has 112 valence electrons. The van der Waals surface area contributed by atoms with Gasteiger partial charge in [-0.2, -0.15) is 0 Å². The maximum atomic E-state index is 11.9. The van der Waals surface area contributed by atoms with Crippen LogP contribution in [0.4, 0.5) is 0 Å². The van der Waals surface area contributed by atoms with Gasteiger partial charge in [0.25, 0.3) is 0 Å². The number of hydrogen-bond donors (Lipinski definition) is 0. The summed E-state index contributed by atoms with van der Waals surface area (Å²) < 4.78 is 15.7. The fourth-order valence-corrected chi connectivity index (χ4v) is 2.87. The largest absolute Gasteiger partial charge is 0.497 e. The second kappa shape index (κ2) is 7.13. The normalized spacial score (nSPS) is 11.8. The molecule has 0 radical (unpaired) electrons. The van der Waals surface area contributed by atoms with E-state index in [0.717, 1.165) is 9.75 Å². The minimum atomic E-state index is -0.417. The lowest BCUT2D eigenvalue weighted by Crippen LogP contribution is -2.20. The van der Waals surface area contributed by atoms with Crippen molar-refractivity contribution < 1.29 is 19.0 Å². The van der Waals surface area contributed by atoms with Gasteiger partial charge in [0.2, 0.25) is 0 Å². The molecule has 1 heterocycles. The summed E-state index contributed by atoms with van der Waals surface area (Å²) in [7, 11) is 2.99. The summed E-state index contributed by atoms with van der Waals surface area (Å²) in [5.41, 5.74) is 0. The fourth-order valence-electron chi connectivity index (χ4n) is 1.92. The van der Waals surface area contributed by atoms with Crippen molar-refractivity contribution in [1.82, 2.24) is 0 Å². The van der Waals surface area contributed by atoms with Crippen LogP contribution in [0.15, 0.2) is 36.4 Å². The quantitative estimate of drug-likeness (QED) is 0.767. The van der Waals surface area contributed by atoms with Crippen molar-refractivity contribution in [1.29, 1.82) is 0 Å². The first-order chi connectivity index (χ1) is 10.1. The van der Waals surface area contributed by atoms with Crippen molar-refractivity contribution in [2.45, 2.75) is 12.8 Å². The second-order valence-corrected chi connectivity index (χ2v) is 5.83. The number of aryl methyl sites for hydroxylation is 1. The molecule has 0 aliphatic heterocycles. The molecule has 0 saturated heterocycles. The molecule has 0 spiro atoms. The van der Waals surface area contributed by atoms with Gasteiger partial charge in [-0.3, -0.25) is 4.79 Å². The lowest BCUT2D eigenvalue weighted by Gasteiger charge is -2.14. The smallest absolute Gasteiger partial charge is 0.317 e. The summed E-state index contributed by atoms with van der Waals surface area (Å²) in [6.07, 6.45) is 0. The monoisotopic (exact) mass is 306 g/mol. The van der Waals surface area contributed by atoms with Gasteiger partial charge in [-0.25, -0.2) is 0 Å². The summed E-state index contributed by atoms with van der Waals surface area (Å²) in [5.74, 6) is 0.672. The van der Waals surface area contributed by atoms with Crippen LogP contribution in [0.2, 0.25) is 0 Å². The number of carbonyl (C=O) groups is 1. The predicted molar refractivity (Wildman–Crippen MR) is 82.3 cm³/mol. The Kier molecular flexibility index (Phi) is 5.22. The zero-order chi connectivity index (χ0) is 15.2. The van der Waals surface area contributed by atoms with E-state index in [4.69, 9.17) is 14.2 Å². The van der Waals surface area contributed by atoms with Gasteiger partial charge in [-0.1, -0.05) is 6.07 Å². The van der Waals surface area contributed by atoms with Gasteiger partial charge < -0.3 is 14.2 Å². The van der Waals surface area contributed by atoms with Crippen LogP contribution in [0, 0.1) is 6.92 Å². The molecule has 4 nitrogen and oxygen atoms in total. The highest BCUT2D eigenvalue weighted by Gasteiger charge is 2.24. The molecule has 21 heavy (non-hydrogen) atoms. The molecule has 1 aromatic carbocycles. The van der Waals surface area contributed by atoms with Crippen LogP contribution in [0.5, 0.6) is 11.5 Å². The van der Waals surface area contributed by atoms with E-state index in [2.05, 4.69) is 0 Å². The highest BCUT2D eigenvalue weighted by Crippen LogP contribution is 2.27. The first kappa shape index (κ1) is 15.4. The van der Waals surface area contributed by atoms with Gasteiger partial charge in [0.1, 0.15) is 24.0 Å². The Labute approximate surface area is 128 Å². The standard InChI is InChI=1S/C16H18O4S/c1-11-7-8-15(21-11)14(16(17)19-3)10-20-13-6-4-5-12(9-13)18-2/h4-9,14H,10H2,1-3H3. The molecule has 1 unspecified atom stereocenters. The van der Waals surface area contributed by atoms with Crippen LogP contribution < -0.4 is 9.47 Å². The SMILES string of the molecule is COC(=O)C(COc1cccc(OC)c1)c1ccc(C)s1. The maximum absolute atomic E-state index is 11.9. The van der Waals surface area contributed by atoms with E-state index < -0.39 is 5.92 Å². The highest BCUT2D eigenvalue weighted by molar-refractivity contribution is 7.12. The van der Waals surface area contributed by atoms with Gasteiger partial charge in [0.15, 0.2) is 0 Å². The zero-order valence-electron chi connectivity index (χ0n) is 12.3. The Morgan fingerprint density at radius 2 is 1.95 bits per heavy atom. The molecular weight excluding hydrogens is 288 g/mol. The molecule has 0 aliphatic carbocycles. The number of rotatable bonds is 6. The minimum Gasteiger partial charge on any atom is -0.497 e. The van der Waals surface area contributed by atoms with Gasteiger partial charge in [0.05, 0.1) is 14.2 Å². The zero-order valence-corrected chi connectivity index (χ0v) is 13.1. The van der Waals surface area contributed by atoms with E-state index in [1.807, 2.05) is 37.3 Å². The van der Waals surface area contributed by atoms with E-state index in [1.165, 1.54) is 7.11 Å². The number of carbonyl (C=O) groups excluding carboxylic acids is 1. The molecule has 0 N–H and O–H groups in total. The number of methoxy groups -OCH3 is 2. The second-order valence-electron chi connectivity index (χ2n) is 4.51. The van der Waals surface area contributed by atoms with Gasteiger partial charge in [-0.05, 0) is 31.2 Å². The molecule has 0 aliphatic rings. The highest BCUT2D eigenvalue weighted by atomic mass is 32.1. The number of hydrogen-bond acceptors (Lipinski definition) is 5. The first-order valence-electron chi connectivity index (χ1n) is 6.55. The molecule has 0 amide bonds. The summed E-state index contributed by atoms with van der Waals surface area (Å²) in [5, 5.41) is 0. The van der Waals surface area contributed by atoms with E-state index >= 15 is 0 Å². The van der Waals surface area contributed by atoms with Crippen LogP contribution in [-0.2, 0) is 9.53 Å². The number of thiophene rings is 1. The van der Waals surface area contributed by atoms with Crippen molar-refractivity contribution in [3.63, 3.8) is 0 Å². The Morgan fingerprint density at radius 1 is 1.19 bits per heavy atom. The van der Waals surface area contributed by atoms with Crippen molar-refractivity contribution >= 4 is 17.3 Å². The summed E-state index contributed by atoms with van der Waals surface area (Å²) in [6.45, 7) is 2.24. The summed E-state index contributed by atoms with van der Waals surface area (Å²) in [4.78, 5) is 14.0. The Hall–Kier alpha value is -2.01. The van der Waals surface area contributed by atoms with E-state index in [1.54, 1.807) is 24.5 Å². The topological polar surface area (TPSA) is 44.8 Å². The van der Waals surface area contributed by atoms with E-state index in [9.17, 15) is 4.79 Å². The van der Waals surface area contributed by atoms with Crippen molar-refractivity contribution in [3.05, 3.63) is 46.2 Å². The number of benzene rings is 1. The lowest BCUT2D eigenvalue weighted by atomic mass is 10.1. The fraction of sp³-hybridized carbons (Fsp3) is 0.312. The molecule has 0 bridgehead atoms. The molecule has 2 aromatic rings. The molecule has 1 atom stereocenters. The van der Waals surface area contributed by atoms with E-state index in [-0.39, 0.29) is 12.6 Å². The third kappa shape index (κ3) is 3.98. The van der Waals surface area contributed by atoms with Crippen LogP contribution in [0.1, 0.15) is 15.7 Å².